The van der Waals surface area contributed by atoms with Gasteiger partial charge in [0, 0.05) is 5.38 Å². The maximum Gasteiger partial charge on any atom is 0.264 e. The summed E-state index contributed by atoms with van der Waals surface area (Å²) in [5.74, 6) is -0.597. The van der Waals surface area contributed by atoms with E-state index in [0.717, 1.165) is 11.1 Å². The number of primary amides is 1. The Morgan fingerprint density at radius 1 is 1.33 bits per heavy atom. The molecule has 126 valence electrons. The second kappa shape index (κ2) is 6.75. The molecule has 6 heteroatoms. The minimum atomic E-state index is -0.516. The largest absolute Gasteiger partial charge is 0.370 e. The standard InChI is InChI=1S/C18H20N2O3S/c1-11-5-3-4-6-14(11)15-8-20(12(2)9-23-15)18(22)16-7-13(10-24-16)17(19)21/h3-7,10,12,15H,8-9H2,1-2H3,(H2,19,21)/t12-,15-/m0/s1. The Labute approximate surface area is 145 Å². The molecule has 0 aliphatic carbocycles. The van der Waals surface area contributed by atoms with Crippen LogP contribution in [0.4, 0.5) is 0 Å². The molecule has 24 heavy (non-hydrogen) atoms. The van der Waals surface area contributed by atoms with Crippen molar-refractivity contribution in [1.82, 2.24) is 4.90 Å². The SMILES string of the molecule is Cc1ccccc1[C@@H]1CN(C(=O)c2cc(C(N)=O)cs2)[C@@H](C)CO1. The third kappa shape index (κ3) is 3.20. The van der Waals surface area contributed by atoms with Crippen molar-refractivity contribution in [2.75, 3.05) is 13.2 Å². The topological polar surface area (TPSA) is 72.6 Å². The molecule has 2 atom stereocenters. The zero-order valence-corrected chi connectivity index (χ0v) is 14.5. The van der Waals surface area contributed by atoms with Crippen molar-refractivity contribution in [3.8, 4) is 0 Å². The molecule has 0 bridgehead atoms. The number of aryl methyl sites for hydroxylation is 1. The number of nitrogens with two attached hydrogens (primary N) is 1. The first-order valence-corrected chi connectivity index (χ1v) is 8.71. The molecule has 5 nitrogen and oxygen atoms in total. The zero-order valence-electron chi connectivity index (χ0n) is 13.7. The fourth-order valence-corrected chi connectivity index (χ4v) is 3.75. The molecule has 1 aromatic carbocycles. The van der Waals surface area contributed by atoms with Crippen LogP contribution in [0.15, 0.2) is 35.7 Å². The summed E-state index contributed by atoms with van der Waals surface area (Å²) in [7, 11) is 0. The van der Waals surface area contributed by atoms with E-state index in [1.54, 1.807) is 11.4 Å². The molecule has 1 aromatic heterocycles. The van der Waals surface area contributed by atoms with Gasteiger partial charge in [-0.1, -0.05) is 24.3 Å². The van der Waals surface area contributed by atoms with Gasteiger partial charge in [0.05, 0.1) is 29.6 Å². The first kappa shape index (κ1) is 16.7. The monoisotopic (exact) mass is 344 g/mol. The van der Waals surface area contributed by atoms with Gasteiger partial charge in [0.15, 0.2) is 0 Å². The summed E-state index contributed by atoms with van der Waals surface area (Å²) in [6.45, 7) is 4.99. The maximum absolute atomic E-state index is 12.8. The van der Waals surface area contributed by atoms with Crippen molar-refractivity contribution in [2.45, 2.75) is 26.0 Å². The lowest BCUT2D eigenvalue weighted by Gasteiger charge is -2.38. The van der Waals surface area contributed by atoms with Crippen molar-refractivity contribution >= 4 is 23.2 Å². The van der Waals surface area contributed by atoms with Crippen LogP contribution in [0, 0.1) is 6.92 Å². The first-order valence-electron chi connectivity index (χ1n) is 7.84. The molecule has 2 heterocycles. The van der Waals surface area contributed by atoms with Crippen LogP contribution in [-0.2, 0) is 4.74 Å². The lowest BCUT2D eigenvalue weighted by molar-refractivity contribution is -0.0487. The second-order valence-corrected chi connectivity index (χ2v) is 6.96. The summed E-state index contributed by atoms with van der Waals surface area (Å²) < 4.78 is 5.95. The quantitative estimate of drug-likeness (QED) is 0.930. The molecule has 1 aliphatic heterocycles. The number of ether oxygens (including phenoxy) is 1. The van der Waals surface area contributed by atoms with E-state index in [9.17, 15) is 9.59 Å². The first-order chi connectivity index (χ1) is 11.5. The number of amides is 2. The van der Waals surface area contributed by atoms with Crippen LogP contribution in [0.2, 0.25) is 0 Å². The van der Waals surface area contributed by atoms with Gasteiger partial charge in [-0.05, 0) is 31.0 Å². The number of carbonyl (C=O) groups is 2. The molecule has 0 unspecified atom stereocenters. The number of rotatable bonds is 3. The molecule has 0 saturated carbocycles. The molecule has 0 spiro atoms. The molecule has 1 saturated heterocycles. The highest BCUT2D eigenvalue weighted by atomic mass is 32.1. The maximum atomic E-state index is 12.8. The van der Waals surface area contributed by atoms with E-state index in [2.05, 4.69) is 0 Å². The normalized spacial score (nSPS) is 20.8. The summed E-state index contributed by atoms with van der Waals surface area (Å²) in [6.07, 6.45) is -0.137. The van der Waals surface area contributed by atoms with Gasteiger partial charge in [-0.2, -0.15) is 0 Å². The Bertz CT molecular complexity index is 771. The number of benzene rings is 1. The lowest BCUT2D eigenvalue weighted by atomic mass is 10.0. The Morgan fingerprint density at radius 2 is 2.08 bits per heavy atom. The van der Waals surface area contributed by atoms with Crippen LogP contribution >= 0.6 is 11.3 Å². The van der Waals surface area contributed by atoms with E-state index < -0.39 is 5.91 Å². The number of carbonyl (C=O) groups excluding carboxylic acids is 2. The Hall–Kier alpha value is -2.18. The number of thiophene rings is 1. The van der Waals surface area contributed by atoms with Crippen LogP contribution in [0.1, 0.15) is 44.2 Å². The van der Waals surface area contributed by atoms with E-state index in [-0.39, 0.29) is 18.1 Å². The zero-order chi connectivity index (χ0) is 17.3. The van der Waals surface area contributed by atoms with Crippen LogP contribution in [0.5, 0.6) is 0 Å². The Morgan fingerprint density at radius 3 is 2.75 bits per heavy atom. The van der Waals surface area contributed by atoms with Gasteiger partial charge in [-0.3, -0.25) is 9.59 Å². The summed E-state index contributed by atoms with van der Waals surface area (Å²) in [5, 5.41) is 1.62. The summed E-state index contributed by atoms with van der Waals surface area (Å²) in [5.41, 5.74) is 7.90. The van der Waals surface area contributed by atoms with E-state index in [1.807, 2.05) is 43.0 Å². The third-order valence-corrected chi connectivity index (χ3v) is 5.24. The fraction of sp³-hybridized carbons (Fsp3) is 0.333. The van der Waals surface area contributed by atoms with E-state index >= 15 is 0 Å². The summed E-state index contributed by atoms with van der Waals surface area (Å²) in [4.78, 5) is 26.4. The smallest absolute Gasteiger partial charge is 0.264 e. The van der Waals surface area contributed by atoms with Crippen molar-refractivity contribution in [3.05, 3.63) is 57.3 Å². The number of hydrogen-bond acceptors (Lipinski definition) is 4. The average molecular weight is 344 g/mol. The van der Waals surface area contributed by atoms with Gasteiger partial charge >= 0.3 is 0 Å². The van der Waals surface area contributed by atoms with E-state index in [4.69, 9.17) is 10.5 Å². The minimum absolute atomic E-state index is 0.0168. The summed E-state index contributed by atoms with van der Waals surface area (Å²) >= 11 is 1.25. The van der Waals surface area contributed by atoms with Gasteiger partial charge in [0.25, 0.3) is 5.91 Å². The van der Waals surface area contributed by atoms with Gasteiger partial charge in [-0.25, -0.2) is 0 Å². The van der Waals surface area contributed by atoms with Crippen LogP contribution in [0.3, 0.4) is 0 Å². The molecule has 1 aliphatic rings. The van der Waals surface area contributed by atoms with Crippen LogP contribution < -0.4 is 5.73 Å². The van der Waals surface area contributed by atoms with Gasteiger partial charge in [0.1, 0.15) is 6.10 Å². The Balaban J connectivity index is 1.82. The predicted molar refractivity (Wildman–Crippen MR) is 93.2 cm³/mol. The highest BCUT2D eigenvalue weighted by molar-refractivity contribution is 7.12. The molecule has 1 fully saturated rings. The van der Waals surface area contributed by atoms with E-state index in [0.29, 0.717) is 23.6 Å². The van der Waals surface area contributed by atoms with Crippen molar-refractivity contribution in [3.63, 3.8) is 0 Å². The molecule has 3 rings (SSSR count). The molecule has 2 amide bonds. The fourth-order valence-electron chi connectivity index (χ4n) is 2.90. The van der Waals surface area contributed by atoms with Crippen molar-refractivity contribution in [1.29, 1.82) is 0 Å². The average Bonchev–Trinajstić information content (AvgIpc) is 3.06. The second-order valence-electron chi connectivity index (χ2n) is 6.05. The van der Waals surface area contributed by atoms with Crippen LogP contribution in [-0.4, -0.2) is 35.9 Å². The lowest BCUT2D eigenvalue weighted by Crippen LogP contribution is -2.48. The molecular weight excluding hydrogens is 324 g/mol. The molecular formula is C18H20N2O3S. The number of nitrogens with zero attached hydrogens (tertiary/aromatic N) is 1. The molecule has 2 aromatic rings. The molecule has 2 N–H and O–H groups in total. The van der Waals surface area contributed by atoms with E-state index in [1.165, 1.54) is 11.3 Å². The van der Waals surface area contributed by atoms with Gasteiger partial charge < -0.3 is 15.4 Å². The predicted octanol–water partition coefficient (Wildman–Crippen LogP) is 2.76. The number of hydrogen-bond donors (Lipinski definition) is 1. The summed E-state index contributed by atoms with van der Waals surface area (Å²) in [6, 6.07) is 9.60. The van der Waals surface area contributed by atoms with Crippen molar-refractivity contribution in [2.24, 2.45) is 5.73 Å². The molecule has 0 radical (unpaired) electrons. The highest BCUT2D eigenvalue weighted by Gasteiger charge is 2.32. The minimum Gasteiger partial charge on any atom is -0.370 e. The third-order valence-electron chi connectivity index (χ3n) is 4.32. The van der Waals surface area contributed by atoms with Crippen LogP contribution in [0.25, 0.3) is 0 Å². The number of morpholine rings is 1. The Kier molecular flexibility index (Phi) is 4.69. The van der Waals surface area contributed by atoms with Gasteiger partial charge in [-0.15, -0.1) is 11.3 Å². The van der Waals surface area contributed by atoms with Gasteiger partial charge in [0.2, 0.25) is 5.91 Å². The van der Waals surface area contributed by atoms with Crippen molar-refractivity contribution < 1.29 is 14.3 Å². The highest BCUT2D eigenvalue weighted by Crippen LogP contribution is 2.29.